The van der Waals surface area contributed by atoms with Gasteiger partial charge in [0.1, 0.15) is 5.75 Å². The summed E-state index contributed by atoms with van der Waals surface area (Å²) in [5.74, 6) is 0.961. The molecule has 0 N–H and O–H groups in total. The van der Waals surface area contributed by atoms with Gasteiger partial charge in [-0.2, -0.15) is 0 Å². The van der Waals surface area contributed by atoms with Crippen molar-refractivity contribution in [3.05, 3.63) is 29.3 Å². The zero-order chi connectivity index (χ0) is 15.2. The van der Waals surface area contributed by atoms with E-state index in [2.05, 4.69) is 17.0 Å². The van der Waals surface area contributed by atoms with Crippen LogP contribution in [0.4, 0.5) is 0 Å². The average molecular weight is 302 g/mol. The van der Waals surface area contributed by atoms with Gasteiger partial charge in [0, 0.05) is 25.2 Å². The summed E-state index contributed by atoms with van der Waals surface area (Å²) in [4.78, 5) is 15.4. The van der Waals surface area contributed by atoms with E-state index < -0.39 is 0 Å². The number of nitrogens with zero attached hydrogens (tertiary/aromatic N) is 2. The van der Waals surface area contributed by atoms with E-state index in [1.165, 1.54) is 43.5 Å². The van der Waals surface area contributed by atoms with Crippen LogP contribution in [0, 0.1) is 0 Å². The Labute approximate surface area is 133 Å². The number of piperidine rings is 1. The van der Waals surface area contributed by atoms with E-state index in [-0.39, 0.29) is 0 Å². The number of likely N-dealkylation sites (tertiary alicyclic amines) is 1. The number of amides is 1. The van der Waals surface area contributed by atoms with Crippen LogP contribution in [0.25, 0.3) is 0 Å². The number of carbonyl (C=O) groups excluding carboxylic acids is 1. The molecule has 1 aromatic rings. The summed E-state index contributed by atoms with van der Waals surface area (Å²) >= 11 is 0. The molecule has 2 aliphatic heterocycles. The molecule has 120 valence electrons. The first-order valence-electron chi connectivity index (χ1n) is 8.52. The number of ether oxygens (including phenoxy) is 1. The Bertz CT molecular complexity index is 498. The fourth-order valence-corrected chi connectivity index (χ4v) is 3.45. The Kier molecular flexibility index (Phi) is 5.33. The molecule has 3 rings (SSSR count). The lowest BCUT2D eigenvalue weighted by atomic mass is 9.99. The largest absolute Gasteiger partial charge is 0.493 e. The lowest BCUT2D eigenvalue weighted by Gasteiger charge is -2.28. The predicted molar refractivity (Wildman–Crippen MR) is 87.0 cm³/mol. The number of hydrogen-bond donors (Lipinski definition) is 0. The minimum Gasteiger partial charge on any atom is -0.493 e. The smallest absolute Gasteiger partial charge is 0.210 e. The molecule has 22 heavy (non-hydrogen) atoms. The summed E-state index contributed by atoms with van der Waals surface area (Å²) < 4.78 is 6.02. The van der Waals surface area contributed by atoms with Gasteiger partial charge in [0.05, 0.1) is 6.61 Å². The van der Waals surface area contributed by atoms with Crippen molar-refractivity contribution >= 4 is 6.41 Å². The van der Waals surface area contributed by atoms with Crippen LogP contribution in [0.3, 0.4) is 0 Å². The first-order valence-corrected chi connectivity index (χ1v) is 8.52. The molecule has 0 unspecified atom stereocenters. The lowest BCUT2D eigenvalue weighted by molar-refractivity contribution is -0.118. The van der Waals surface area contributed by atoms with Gasteiger partial charge < -0.3 is 14.5 Å². The second-order valence-corrected chi connectivity index (χ2v) is 6.32. The van der Waals surface area contributed by atoms with Gasteiger partial charge >= 0.3 is 0 Å². The van der Waals surface area contributed by atoms with Gasteiger partial charge in [-0.05, 0) is 50.4 Å². The van der Waals surface area contributed by atoms with Crippen LogP contribution in [0.2, 0.25) is 0 Å². The normalized spacial score (nSPS) is 18.8. The summed E-state index contributed by atoms with van der Waals surface area (Å²) in [6.45, 7) is 5.88. The number of rotatable bonds is 6. The average Bonchev–Trinajstić information content (AvgIpc) is 2.59. The standard InChI is InChI=1S/C18H26N2O2/c21-15-20-12-8-16-6-4-7-18(17(16)14-20)22-13-5-11-19-9-2-1-3-10-19/h4,6-7,15H,1-3,5,8-14H2. The maximum Gasteiger partial charge on any atom is 0.210 e. The van der Waals surface area contributed by atoms with Crippen molar-refractivity contribution in [3.8, 4) is 5.75 Å². The fourth-order valence-electron chi connectivity index (χ4n) is 3.45. The van der Waals surface area contributed by atoms with E-state index in [0.717, 1.165) is 44.7 Å². The van der Waals surface area contributed by atoms with Crippen molar-refractivity contribution < 1.29 is 9.53 Å². The predicted octanol–water partition coefficient (Wildman–Crippen LogP) is 2.46. The van der Waals surface area contributed by atoms with Crippen molar-refractivity contribution in [2.45, 2.75) is 38.6 Å². The molecular formula is C18H26N2O2. The summed E-state index contributed by atoms with van der Waals surface area (Å²) in [6.07, 6.45) is 7.01. The Morgan fingerprint density at radius 2 is 2.00 bits per heavy atom. The molecule has 4 nitrogen and oxygen atoms in total. The van der Waals surface area contributed by atoms with E-state index in [1.54, 1.807) is 0 Å². The first-order chi connectivity index (χ1) is 10.9. The SMILES string of the molecule is O=CN1CCc2cccc(OCCCN3CCCCC3)c2C1. The molecule has 1 saturated heterocycles. The molecule has 1 aromatic carbocycles. The molecule has 1 fully saturated rings. The monoisotopic (exact) mass is 302 g/mol. The van der Waals surface area contributed by atoms with E-state index in [4.69, 9.17) is 4.74 Å². The highest BCUT2D eigenvalue weighted by Crippen LogP contribution is 2.27. The summed E-state index contributed by atoms with van der Waals surface area (Å²) in [5.41, 5.74) is 2.52. The van der Waals surface area contributed by atoms with Crippen molar-refractivity contribution in [3.63, 3.8) is 0 Å². The number of benzene rings is 1. The molecule has 0 aliphatic carbocycles. The molecule has 0 radical (unpaired) electrons. The minimum absolute atomic E-state index is 0.682. The Morgan fingerprint density at radius 1 is 1.14 bits per heavy atom. The summed E-state index contributed by atoms with van der Waals surface area (Å²) in [7, 11) is 0. The van der Waals surface area contributed by atoms with Crippen LogP contribution < -0.4 is 4.74 Å². The lowest BCUT2D eigenvalue weighted by Crippen LogP contribution is -2.31. The van der Waals surface area contributed by atoms with Gasteiger partial charge in [0.2, 0.25) is 6.41 Å². The number of fused-ring (bicyclic) bond motifs is 1. The second kappa shape index (κ2) is 7.63. The van der Waals surface area contributed by atoms with E-state index >= 15 is 0 Å². The Morgan fingerprint density at radius 3 is 2.82 bits per heavy atom. The van der Waals surface area contributed by atoms with Crippen LogP contribution in [-0.4, -0.2) is 49.0 Å². The zero-order valence-corrected chi connectivity index (χ0v) is 13.3. The molecule has 2 heterocycles. The van der Waals surface area contributed by atoms with E-state index in [1.807, 2.05) is 11.0 Å². The summed E-state index contributed by atoms with van der Waals surface area (Å²) in [6, 6.07) is 6.25. The van der Waals surface area contributed by atoms with Crippen LogP contribution in [0.5, 0.6) is 5.75 Å². The van der Waals surface area contributed by atoms with Gasteiger partial charge in [-0.25, -0.2) is 0 Å². The van der Waals surface area contributed by atoms with Gasteiger partial charge in [0.15, 0.2) is 0 Å². The topological polar surface area (TPSA) is 32.8 Å². The van der Waals surface area contributed by atoms with Gasteiger partial charge in [0.25, 0.3) is 0 Å². The number of hydrogen-bond acceptors (Lipinski definition) is 3. The molecule has 0 bridgehead atoms. The second-order valence-electron chi connectivity index (χ2n) is 6.32. The van der Waals surface area contributed by atoms with Crippen molar-refractivity contribution in [2.24, 2.45) is 0 Å². The van der Waals surface area contributed by atoms with E-state index in [0.29, 0.717) is 6.54 Å². The highest BCUT2D eigenvalue weighted by molar-refractivity contribution is 5.51. The maximum absolute atomic E-state index is 11.0. The molecule has 4 heteroatoms. The Balaban J connectivity index is 1.51. The van der Waals surface area contributed by atoms with Crippen LogP contribution in [0.15, 0.2) is 18.2 Å². The van der Waals surface area contributed by atoms with Gasteiger partial charge in [-0.3, -0.25) is 4.79 Å². The molecular weight excluding hydrogens is 276 g/mol. The van der Waals surface area contributed by atoms with Gasteiger partial charge in [-0.15, -0.1) is 0 Å². The fraction of sp³-hybridized carbons (Fsp3) is 0.611. The maximum atomic E-state index is 11.0. The van der Waals surface area contributed by atoms with Crippen molar-refractivity contribution in [1.29, 1.82) is 0 Å². The Hall–Kier alpha value is -1.55. The minimum atomic E-state index is 0.682. The van der Waals surface area contributed by atoms with Crippen LogP contribution >= 0.6 is 0 Å². The van der Waals surface area contributed by atoms with Crippen molar-refractivity contribution in [2.75, 3.05) is 32.8 Å². The number of carbonyl (C=O) groups is 1. The molecule has 0 aromatic heterocycles. The molecule has 2 aliphatic rings. The molecule has 0 atom stereocenters. The first kappa shape index (κ1) is 15.3. The van der Waals surface area contributed by atoms with Crippen LogP contribution in [-0.2, 0) is 17.8 Å². The van der Waals surface area contributed by atoms with E-state index in [9.17, 15) is 4.79 Å². The molecule has 0 spiro atoms. The third-order valence-corrected chi connectivity index (χ3v) is 4.73. The molecule has 0 saturated carbocycles. The quantitative estimate of drug-likeness (QED) is 0.598. The van der Waals surface area contributed by atoms with Crippen molar-refractivity contribution in [1.82, 2.24) is 9.80 Å². The molecule has 1 amide bonds. The van der Waals surface area contributed by atoms with Crippen LogP contribution in [0.1, 0.15) is 36.8 Å². The highest BCUT2D eigenvalue weighted by atomic mass is 16.5. The van der Waals surface area contributed by atoms with Gasteiger partial charge in [-0.1, -0.05) is 18.6 Å². The third-order valence-electron chi connectivity index (χ3n) is 4.73. The third kappa shape index (κ3) is 3.80. The summed E-state index contributed by atoms with van der Waals surface area (Å²) in [5, 5.41) is 0. The zero-order valence-electron chi connectivity index (χ0n) is 13.3. The highest BCUT2D eigenvalue weighted by Gasteiger charge is 2.18.